The number of amides is 1. The van der Waals surface area contributed by atoms with Crippen LogP contribution < -0.4 is 5.32 Å². The molecular formula is C19H16N4O2. The third-order valence-electron chi connectivity index (χ3n) is 4.01. The van der Waals surface area contributed by atoms with E-state index in [1.165, 1.54) is 0 Å². The fourth-order valence-electron chi connectivity index (χ4n) is 2.65. The number of hydrogen-bond acceptors (Lipinski definition) is 4. The Balaban J connectivity index is 1.67. The van der Waals surface area contributed by atoms with E-state index in [9.17, 15) is 4.79 Å². The van der Waals surface area contributed by atoms with Gasteiger partial charge in [-0.1, -0.05) is 23.4 Å². The molecule has 1 N–H and O–H groups in total. The fraction of sp³-hybridized carbons (Fsp3) is 0.105. The molecule has 0 atom stereocenters. The first-order valence-corrected chi connectivity index (χ1v) is 7.89. The first-order valence-electron chi connectivity index (χ1n) is 7.89. The maximum atomic E-state index is 12.3. The lowest BCUT2D eigenvalue weighted by atomic mass is 10.1. The Labute approximate surface area is 144 Å². The standard InChI is InChI=1S/C19H16N4O2/c1-12-6-7-14(17-11-23-8-4-3-5-18(23)20-17)10-15(12)21-19(24)16-9-13(2)25-22-16/h3-11H,1-2H3,(H,21,24). The van der Waals surface area contributed by atoms with Crippen molar-refractivity contribution >= 4 is 17.2 Å². The molecule has 0 saturated heterocycles. The van der Waals surface area contributed by atoms with E-state index >= 15 is 0 Å². The summed E-state index contributed by atoms with van der Waals surface area (Å²) >= 11 is 0. The SMILES string of the molecule is Cc1cc(C(=O)Nc2cc(-c3cn4ccccc4n3)ccc2C)no1. The number of carbonyl (C=O) groups is 1. The lowest BCUT2D eigenvalue weighted by Crippen LogP contribution is -2.13. The highest BCUT2D eigenvalue weighted by atomic mass is 16.5. The smallest absolute Gasteiger partial charge is 0.277 e. The number of aryl methyl sites for hydroxylation is 2. The zero-order valence-electron chi connectivity index (χ0n) is 13.9. The van der Waals surface area contributed by atoms with Crippen molar-refractivity contribution in [2.45, 2.75) is 13.8 Å². The summed E-state index contributed by atoms with van der Waals surface area (Å²) in [6.07, 6.45) is 3.92. The molecule has 1 aromatic carbocycles. The van der Waals surface area contributed by atoms with E-state index in [1.807, 2.05) is 60.1 Å². The second kappa shape index (κ2) is 5.90. The first-order chi connectivity index (χ1) is 12.1. The Morgan fingerprint density at radius 1 is 1.16 bits per heavy atom. The van der Waals surface area contributed by atoms with Crippen molar-refractivity contribution in [2.24, 2.45) is 0 Å². The van der Waals surface area contributed by atoms with Gasteiger partial charge in [-0.05, 0) is 37.6 Å². The van der Waals surface area contributed by atoms with Gasteiger partial charge in [0.05, 0.1) is 5.69 Å². The summed E-state index contributed by atoms with van der Waals surface area (Å²) in [5, 5.41) is 6.64. The van der Waals surface area contributed by atoms with E-state index < -0.39 is 0 Å². The van der Waals surface area contributed by atoms with Gasteiger partial charge in [0.25, 0.3) is 5.91 Å². The minimum atomic E-state index is -0.299. The van der Waals surface area contributed by atoms with Gasteiger partial charge in [0.1, 0.15) is 11.4 Å². The van der Waals surface area contributed by atoms with Crippen molar-refractivity contribution in [1.29, 1.82) is 0 Å². The van der Waals surface area contributed by atoms with E-state index in [2.05, 4.69) is 15.5 Å². The van der Waals surface area contributed by atoms with Crippen LogP contribution in [0.15, 0.2) is 59.4 Å². The van der Waals surface area contributed by atoms with Gasteiger partial charge in [-0.2, -0.15) is 0 Å². The normalized spacial score (nSPS) is 11.0. The molecule has 6 heteroatoms. The molecule has 0 spiro atoms. The lowest BCUT2D eigenvalue weighted by molar-refractivity contribution is 0.101. The van der Waals surface area contributed by atoms with Gasteiger partial charge in [0.2, 0.25) is 0 Å². The molecule has 1 amide bonds. The Morgan fingerprint density at radius 3 is 2.80 bits per heavy atom. The number of pyridine rings is 1. The van der Waals surface area contributed by atoms with E-state index in [-0.39, 0.29) is 11.6 Å². The fourth-order valence-corrected chi connectivity index (χ4v) is 2.65. The lowest BCUT2D eigenvalue weighted by Gasteiger charge is -2.08. The number of nitrogens with zero attached hydrogens (tertiary/aromatic N) is 3. The molecule has 0 saturated carbocycles. The largest absolute Gasteiger partial charge is 0.361 e. The Morgan fingerprint density at radius 2 is 2.04 bits per heavy atom. The molecule has 6 nitrogen and oxygen atoms in total. The predicted molar refractivity (Wildman–Crippen MR) is 94.6 cm³/mol. The summed E-state index contributed by atoms with van der Waals surface area (Å²) in [5.41, 5.74) is 4.60. The van der Waals surface area contributed by atoms with E-state index in [1.54, 1.807) is 13.0 Å². The second-order valence-electron chi connectivity index (χ2n) is 5.90. The number of fused-ring (bicyclic) bond motifs is 1. The van der Waals surface area contributed by atoms with Crippen LogP contribution in [-0.4, -0.2) is 20.4 Å². The van der Waals surface area contributed by atoms with Crippen LogP contribution >= 0.6 is 0 Å². The summed E-state index contributed by atoms with van der Waals surface area (Å²) in [4.78, 5) is 16.9. The van der Waals surface area contributed by atoms with Crippen LogP contribution in [0.3, 0.4) is 0 Å². The zero-order chi connectivity index (χ0) is 17.4. The maximum absolute atomic E-state index is 12.3. The Hall–Kier alpha value is -3.41. The molecule has 0 aliphatic rings. The highest BCUT2D eigenvalue weighted by molar-refractivity contribution is 6.03. The second-order valence-corrected chi connectivity index (χ2v) is 5.90. The van der Waals surface area contributed by atoms with Crippen molar-refractivity contribution in [3.8, 4) is 11.3 Å². The summed E-state index contributed by atoms with van der Waals surface area (Å²) in [7, 11) is 0. The molecule has 4 rings (SSSR count). The molecular weight excluding hydrogens is 316 g/mol. The molecule has 25 heavy (non-hydrogen) atoms. The van der Waals surface area contributed by atoms with Crippen molar-refractivity contribution in [1.82, 2.24) is 14.5 Å². The Bertz CT molecular complexity index is 1040. The molecule has 0 fully saturated rings. The summed E-state index contributed by atoms with van der Waals surface area (Å²) in [6.45, 7) is 3.69. The van der Waals surface area contributed by atoms with E-state index in [0.717, 1.165) is 28.2 Å². The molecule has 0 aliphatic carbocycles. The van der Waals surface area contributed by atoms with Gasteiger partial charge in [-0.3, -0.25) is 4.79 Å². The monoisotopic (exact) mass is 332 g/mol. The van der Waals surface area contributed by atoms with Gasteiger partial charge in [-0.25, -0.2) is 4.98 Å². The van der Waals surface area contributed by atoms with Crippen LogP contribution in [0.4, 0.5) is 5.69 Å². The van der Waals surface area contributed by atoms with Gasteiger partial charge in [0.15, 0.2) is 5.69 Å². The molecule has 124 valence electrons. The molecule has 0 unspecified atom stereocenters. The average Bonchev–Trinajstić information content (AvgIpc) is 3.23. The zero-order valence-corrected chi connectivity index (χ0v) is 13.9. The highest BCUT2D eigenvalue weighted by Crippen LogP contribution is 2.25. The summed E-state index contributed by atoms with van der Waals surface area (Å²) < 4.78 is 6.92. The molecule has 0 bridgehead atoms. The van der Waals surface area contributed by atoms with Crippen molar-refractivity contribution in [2.75, 3.05) is 5.32 Å². The first kappa shape index (κ1) is 15.1. The van der Waals surface area contributed by atoms with Gasteiger partial charge >= 0.3 is 0 Å². The number of imidazole rings is 1. The van der Waals surface area contributed by atoms with Crippen molar-refractivity contribution < 1.29 is 9.32 Å². The third kappa shape index (κ3) is 2.89. The number of nitrogens with one attached hydrogen (secondary N) is 1. The topological polar surface area (TPSA) is 72.4 Å². The Kier molecular flexibility index (Phi) is 3.57. The third-order valence-corrected chi connectivity index (χ3v) is 4.01. The van der Waals surface area contributed by atoms with Crippen molar-refractivity contribution in [3.63, 3.8) is 0 Å². The predicted octanol–water partition coefficient (Wildman–Crippen LogP) is 3.86. The summed E-state index contributed by atoms with van der Waals surface area (Å²) in [6, 6.07) is 13.3. The van der Waals surface area contributed by atoms with Crippen LogP contribution in [0.2, 0.25) is 0 Å². The van der Waals surface area contributed by atoms with Crippen LogP contribution in [0.5, 0.6) is 0 Å². The number of aromatic nitrogens is 3. The van der Waals surface area contributed by atoms with E-state index in [4.69, 9.17) is 4.52 Å². The quantitative estimate of drug-likeness (QED) is 0.618. The molecule has 3 heterocycles. The number of benzene rings is 1. The molecule has 0 aliphatic heterocycles. The van der Waals surface area contributed by atoms with Gasteiger partial charge in [0, 0.05) is 29.7 Å². The number of hydrogen-bond donors (Lipinski definition) is 1. The molecule has 4 aromatic rings. The molecule has 3 aromatic heterocycles. The summed E-state index contributed by atoms with van der Waals surface area (Å²) in [5.74, 6) is 0.299. The minimum absolute atomic E-state index is 0.259. The van der Waals surface area contributed by atoms with Crippen LogP contribution in [0.1, 0.15) is 21.8 Å². The number of anilines is 1. The van der Waals surface area contributed by atoms with Crippen LogP contribution in [0, 0.1) is 13.8 Å². The number of rotatable bonds is 3. The maximum Gasteiger partial charge on any atom is 0.277 e. The average molecular weight is 332 g/mol. The van der Waals surface area contributed by atoms with Crippen LogP contribution in [-0.2, 0) is 0 Å². The van der Waals surface area contributed by atoms with Gasteiger partial charge in [-0.15, -0.1) is 0 Å². The van der Waals surface area contributed by atoms with Crippen molar-refractivity contribution in [3.05, 3.63) is 71.9 Å². The van der Waals surface area contributed by atoms with E-state index in [0.29, 0.717) is 5.76 Å². The number of carbonyl (C=O) groups excluding carboxylic acids is 1. The minimum Gasteiger partial charge on any atom is -0.361 e. The highest BCUT2D eigenvalue weighted by Gasteiger charge is 2.13. The molecule has 0 radical (unpaired) electrons. The van der Waals surface area contributed by atoms with Crippen LogP contribution in [0.25, 0.3) is 16.9 Å². The van der Waals surface area contributed by atoms with Gasteiger partial charge < -0.3 is 14.2 Å².